The molecule has 140 valence electrons. The molecular weight excluding hydrogens is 342 g/mol. The lowest BCUT2D eigenvalue weighted by Crippen LogP contribution is -2.47. The minimum atomic E-state index is -0.860. The number of nitrogens with one attached hydrogen (secondary N) is 2. The molecule has 0 radical (unpaired) electrons. The summed E-state index contributed by atoms with van der Waals surface area (Å²) >= 11 is 0. The normalized spacial score (nSPS) is 23.4. The van der Waals surface area contributed by atoms with E-state index in [1.54, 1.807) is 6.92 Å². The molecule has 1 heterocycles. The van der Waals surface area contributed by atoms with Crippen molar-refractivity contribution in [3.8, 4) is 0 Å². The largest absolute Gasteiger partial charge is 0.348 e. The number of fused-ring (bicyclic) bond motifs is 1. The summed E-state index contributed by atoms with van der Waals surface area (Å²) in [5.41, 5.74) is 0.114. The Balaban J connectivity index is 1.42. The van der Waals surface area contributed by atoms with Gasteiger partial charge < -0.3 is 10.6 Å². The van der Waals surface area contributed by atoms with E-state index in [1.165, 1.54) is 0 Å². The summed E-state index contributed by atoms with van der Waals surface area (Å²) in [6.45, 7) is 3.38. The third-order valence-corrected chi connectivity index (χ3v) is 5.65. The molecule has 6 nitrogen and oxygen atoms in total. The molecule has 0 bridgehead atoms. The quantitative estimate of drug-likeness (QED) is 0.800. The monoisotopic (exact) mass is 365 g/mol. The first-order valence-electron chi connectivity index (χ1n) is 9.30. The van der Waals surface area contributed by atoms with Crippen molar-refractivity contribution in [2.75, 3.05) is 6.54 Å². The highest BCUT2D eigenvalue weighted by Gasteiger charge is 2.56. The number of hydrogen-bond acceptors (Lipinski definition) is 3. The molecule has 1 saturated carbocycles. The Kier molecular flexibility index (Phi) is 4.13. The van der Waals surface area contributed by atoms with Crippen molar-refractivity contribution in [3.05, 3.63) is 48.0 Å². The van der Waals surface area contributed by atoms with E-state index in [0.29, 0.717) is 0 Å². The van der Waals surface area contributed by atoms with Crippen LogP contribution in [0.15, 0.2) is 42.5 Å². The molecule has 27 heavy (non-hydrogen) atoms. The predicted molar refractivity (Wildman–Crippen MR) is 102 cm³/mol. The highest BCUT2D eigenvalue weighted by Crippen LogP contribution is 2.42. The number of amides is 4. The molecule has 2 aromatic rings. The van der Waals surface area contributed by atoms with Crippen LogP contribution in [0.25, 0.3) is 10.8 Å². The maximum atomic E-state index is 12.6. The molecule has 1 aliphatic carbocycles. The molecule has 2 fully saturated rings. The molecule has 2 atom stereocenters. The molecule has 2 N–H and O–H groups in total. The lowest BCUT2D eigenvalue weighted by molar-refractivity contribution is -0.135. The molecule has 4 amide bonds. The van der Waals surface area contributed by atoms with Gasteiger partial charge in [-0.2, -0.15) is 0 Å². The van der Waals surface area contributed by atoms with Gasteiger partial charge in [-0.1, -0.05) is 36.4 Å². The van der Waals surface area contributed by atoms with Crippen LogP contribution in [0.4, 0.5) is 4.79 Å². The van der Waals surface area contributed by atoms with E-state index < -0.39 is 11.6 Å². The summed E-state index contributed by atoms with van der Waals surface area (Å²) in [4.78, 5) is 38.3. The smallest absolute Gasteiger partial charge is 0.325 e. The van der Waals surface area contributed by atoms with Gasteiger partial charge in [-0.25, -0.2) is 4.79 Å². The van der Waals surface area contributed by atoms with Crippen LogP contribution in [-0.4, -0.2) is 34.8 Å². The van der Waals surface area contributed by atoms with Crippen LogP contribution < -0.4 is 10.6 Å². The van der Waals surface area contributed by atoms with Gasteiger partial charge in [0.2, 0.25) is 5.91 Å². The fourth-order valence-corrected chi connectivity index (χ4v) is 3.79. The summed E-state index contributed by atoms with van der Waals surface area (Å²) in [6, 6.07) is 13.4. The maximum Gasteiger partial charge on any atom is 0.325 e. The number of carbonyl (C=O) groups is 3. The van der Waals surface area contributed by atoms with Crippen LogP contribution in [0.5, 0.6) is 0 Å². The zero-order valence-electron chi connectivity index (χ0n) is 15.5. The first kappa shape index (κ1) is 17.5. The molecule has 0 unspecified atom stereocenters. The van der Waals surface area contributed by atoms with Gasteiger partial charge in [0.1, 0.15) is 12.1 Å². The SMILES string of the molecule is C[C@@H](NC(=O)CN1C(=O)N[C@@](C)(C2CC2)C1=O)c1ccc2ccccc2c1. The van der Waals surface area contributed by atoms with E-state index in [4.69, 9.17) is 0 Å². The Bertz CT molecular complexity index is 937. The van der Waals surface area contributed by atoms with E-state index in [-0.39, 0.29) is 30.3 Å². The number of nitrogens with zero attached hydrogens (tertiary/aromatic N) is 1. The van der Waals surface area contributed by atoms with Gasteiger partial charge in [0.25, 0.3) is 5.91 Å². The maximum absolute atomic E-state index is 12.6. The number of rotatable bonds is 5. The average molecular weight is 365 g/mol. The zero-order valence-corrected chi connectivity index (χ0v) is 15.5. The van der Waals surface area contributed by atoms with Gasteiger partial charge in [-0.05, 0) is 55.0 Å². The van der Waals surface area contributed by atoms with Crippen LogP contribution in [0.1, 0.15) is 38.3 Å². The van der Waals surface area contributed by atoms with Crippen molar-refractivity contribution >= 4 is 28.6 Å². The van der Waals surface area contributed by atoms with Crippen molar-refractivity contribution in [3.63, 3.8) is 0 Å². The van der Waals surface area contributed by atoms with Gasteiger partial charge in [-0.15, -0.1) is 0 Å². The van der Waals surface area contributed by atoms with Crippen LogP contribution in [0, 0.1) is 5.92 Å². The molecule has 0 spiro atoms. The van der Waals surface area contributed by atoms with Gasteiger partial charge in [0.05, 0.1) is 6.04 Å². The third-order valence-electron chi connectivity index (χ3n) is 5.65. The second-order valence-electron chi connectivity index (χ2n) is 7.69. The number of benzene rings is 2. The van der Waals surface area contributed by atoms with Crippen molar-refractivity contribution in [1.82, 2.24) is 15.5 Å². The molecule has 1 saturated heterocycles. The molecule has 4 rings (SSSR count). The highest BCUT2D eigenvalue weighted by atomic mass is 16.2. The van der Waals surface area contributed by atoms with Crippen LogP contribution in [-0.2, 0) is 9.59 Å². The highest BCUT2D eigenvalue weighted by molar-refractivity contribution is 6.09. The molecule has 6 heteroatoms. The van der Waals surface area contributed by atoms with Crippen LogP contribution in [0.3, 0.4) is 0 Å². The topological polar surface area (TPSA) is 78.5 Å². The minimum Gasteiger partial charge on any atom is -0.348 e. The van der Waals surface area contributed by atoms with E-state index in [9.17, 15) is 14.4 Å². The summed E-state index contributed by atoms with van der Waals surface area (Å²) in [7, 11) is 0. The van der Waals surface area contributed by atoms with E-state index in [0.717, 1.165) is 34.1 Å². The Morgan fingerprint density at radius 1 is 1.22 bits per heavy atom. The predicted octanol–water partition coefficient (Wildman–Crippen LogP) is 2.74. The minimum absolute atomic E-state index is 0.179. The lowest BCUT2D eigenvalue weighted by atomic mass is 9.96. The molecule has 1 aliphatic heterocycles. The number of carbonyl (C=O) groups excluding carboxylic acids is 3. The summed E-state index contributed by atoms with van der Waals surface area (Å²) in [5, 5.41) is 7.89. The Morgan fingerprint density at radius 3 is 2.63 bits per heavy atom. The summed E-state index contributed by atoms with van der Waals surface area (Å²) in [5.74, 6) is -0.471. The lowest BCUT2D eigenvalue weighted by Gasteiger charge is -2.21. The standard InChI is InChI=1S/C21H23N3O3/c1-13(15-8-7-14-5-3-4-6-16(14)11-15)22-18(25)12-24-19(26)21(2,17-9-10-17)23-20(24)27/h3-8,11,13,17H,9-10,12H2,1-2H3,(H,22,25)(H,23,27)/t13-,21+/m1/s1. The summed E-state index contributed by atoms with van der Waals surface area (Å²) < 4.78 is 0. The first-order chi connectivity index (χ1) is 12.9. The van der Waals surface area contributed by atoms with Crippen molar-refractivity contribution < 1.29 is 14.4 Å². The van der Waals surface area contributed by atoms with Crippen molar-refractivity contribution in [1.29, 1.82) is 0 Å². The molecule has 2 aliphatic rings. The molecule has 0 aromatic heterocycles. The van der Waals surface area contributed by atoms with E-state index >= 15 is 0 Å². The van der Waals surface area contributed by atoms with Crippen LogP contribution in [0.2, 0.25) is 0 Å². The van der Waals surface area contributed by atoms with Crippen LogP contribution >= 0.6 is 0 Å². The van der Waals surface area contributed by atoms with E-state index in [1.807, 2.05) is 49.4 Å². The van der Waals surface area contributed by atoms with Crippen molar-refractivity contribution in [2.24, 2.45) is 5.92 Å². The fourth-order valence-electron chi connectivity index (χ4n) is 3.79. The number of urea groups is 1. The fraction of sp³-hybridized carbons (Fsp3) is 0.381. The number of imide groups is 1. The second-order valence-corrected chi connectivity index (χ2v) is 7.69. The molecular formula is C21H23N3O3. The molecule has 2 aromatic carbocycles. The van der Waals surface area contributed by atoms with E-state index in [2.05, 4.69) is 10.6 Å². The Labute approximate surface area is 157 Å². The average Bonchev–Trinajstić information content (AvgIpc) is 3.47. The van der Waals surface area contributed by atoms with Gasteiger partial charge in [0, 0.05) is 0 Å². The van der Waals surface area contributed by atoms with Gasteiger partial charge >= 0.3 is 6.03 Å². The zero-order chi connectivity index (χ0) is 19.2. The Morgan fingerprint density at radius 2 is 1.93 bits per heavy atom. The van der Waals surface area contributed by atoms with Gasteiger partial charge in [-0.3, -0.25) is 14.5 Å². The van der Waals surface area contributed by atoms with Crippen molar-refractivity contribution in [2.45, 2.75) is 38.3 Å². The summed E-state index contributed by atoms with van der Waals surface area (Å²) in [6.07, 6.45) is 1.86. The second kappa shape index (κ2) is 6.37. The van der Waals surface area contributed by atoms with Gasteiger partial charge in [0.15, 0.2) is 0 Å². The number of hydrogen-bond donors (Lipinski definition) is 2. The first-order valence-corrected chi connectivity index (χ1v) is 9.30. The Hall–Kier alpha value is -2.89. The third kappa shape index (κ3) is 3.16.